The lowest BCUT2D eigenvalue weighted by Gasteiger charge is -2.07. The molecule has 1 aromatic rings. The van der Waals surface area contributed by atoms with Gasteiger partial charge in [0, 0.05) is 11.8 Å². The number of nitrogens with two attached hydrogens (primary N) is 1. The van der Waals surface area contributed by atoms with Crippen LogP contribution in [0.15, 0.2) is 29.5 Å². The van der Waals surface area contributed by atoms with E-state index in [1.54, 1.807) is 18.3 Å². The molecule has 2 nitrogen and oxygen atoms in total. The minimum Gasteiger partial charge on any atom is -0.321 e. The molecule has 0 saturated heterocycles. The zero-order valence-electron chi connectivity index (χ0n) is 6.30. The van der Waals surface area contributed by atoms with Crippen molar-refractivity contribution in [1.82, 2.24) is 4.98 Å². The van der Waals surface area contributed by atoms with Gasteiger partial charge >= 0.3 is 0 Å². The van der Waals surface area contributed by atoms with E-state index in [1.807, 2.05) is 0 Å². The lowest BCUT2D eigenvalue weighted by atomic mass is 10.1. The Bertz CT molecular complexity index is 301. The molecule has 4 heteroatoms. The van der Waals surface area contributed by atoms with Crippen LogP contribution >= 0.6 is 27.5 Å². The number of hydrogen-bond acceptors (Lipinski definition) is 2. The topological polar surface area (TPSA) is 38.9 Å². The monoisotopic (exact) mass is 246 g/mol. The Morgan fingerprint density at radius 3 is 3.00 bits per heavy atom. The molecule has 0 unspecified atom stereocenters. The maximum Gasteiger partial charge on any atom is 0.111 e. The van der Waals surface area contributed by atoms with Crippen molar-refractivity contribution in [1.29, 1.82) is 0 Å². The fraction of sp³-hybridized carbons (Fsp3) is 0.125. The fourth-order valence-corrected chi connectivity index (χ4v) is 1.45. The molecular formula is C8H8BrClN2. The van der Waals surface area contributed by atoms with Crippen molar-refractivity contribution < 1.29 is 0 Å². The molecule has 64 valence electrons. The van der Waals surface area contributed by atoms with Gasteiger partial charge in [-0.25, -0.2) is 4.98 Å². The molecule has 0 saturated carbocycles. The Balaban J connectivity index is 3.12. The van der Waals surface area contributed by atoms with E-state index in [0.717, 1.165) is 5.56 Å². The van der Waals surface area contributed by atoms with Crippen molar-refractivity contribution in [2.24, 2.45) is 5.73 Å². The molecule has 0 aliphatic heterocycles. The van der Waals surface area contributed by atoms with Crippen LogP contribution in [-0.4, -0.2) is 4.98 Å². The van der Waals surface area contributed by atoms with Crippen LogP contribution in [0.2, 0.25) is 5.02 Å². The molecule has 0 radical (unpaired) electrons. The summed E-state index contributed by atoms with van der Waals surface area (Å²) in [6.07, 6.45) is 3.20. The first-order valence-corrected chi connectivity index (χ1v) is 4.51. The highest BCUT2D eigenvalue weighted by Crippen LogP contribution is 2.23. The Hall–Kier alpha value is -0.380. The van der Waals surface area contributed by atoms with Gasteiger partial charge in [0.2, 0.25) is 0 Å². The summed E-state index contributed by atoms with van der Waals surface area (Å²) in [6, 6.07) is 1.54. The zero-order valence-corrected chi connectivity index (χ0v) is 8.64. The molecule has 1 aromatic heterocycles. The van der Waals surface area contributed by atoms with Gasteiger partial charge in [-0.1, -0.05) is 17.7 Å². The van der Waals surface area contributed by atoms with Crippen molar-refractivity contribution in [3.05, 3.63) is 40.1 Å². The number of pyridine rings is 1. The van der Waals surface area contributed by atoms with Crippen LogP contribution in [0.3, 0.4) is 0 Å². The Labute approximate surface area is 84.6 Å². The number of hydrogen-bond donors (Lipinski definition) is 1. The van der Waals surface area contributed by atoms with Crippen LogP contribution in [-0.2, 0) is 0 Å². The molecule has 1 rings (SSSR count). The predicted octanol–water partition coefficient (Wildman–Crippen LogP) is 2.68. The van der Waals surface area contributed by atoms with Gasteiger partial charge in [-0.15, -0.1) is 6.58 Å². The molecule has 2 N–H and O–H groups in total. The summed E-state index contributed by atoms with van der Waals surface area (Å²) in [4.78, 5) is 4.00. The van der Waals surface area contributed by atoms with Crippen molar-refractivity contribution in [3.8, 4) is 0 Å². The molecule has 1 atom stereocenters. The highest BCUT2D eigenvalue weighted by molar-refractivity contribution is 9.10. The van der Waals surface area contributed by atoms with Gasteiger partial charge in [0.25, 0.3) is 0 Å². The average Bonchev–Trinajstić information content (AvgIpc) is 2.08. The van der Waals surface area contributed by atoms with Crippen molar-refractivity contribution in [3.63, 3.8) is 0 Å². The van der Waals surface area contributed by atoms with Gasteiger partial charge in [0.1, 0.15) is 4.60 Å². The van der Waals surface area contributed by atoms with Crippen LogP contribution in [0.4, 0.5) is 0 Å². The Kier molecular flexibility index (Phi) is 3.26. The van der Waals surface area contributed by atoms with Crippen LogP contribution in [0.1, 0.15) is 11.6 Å². The summed E-state index contributed by atoms with van der Waals surface area (Å²) in [5.74, 6) is 0. The van der Waals surface area contributed by atoms with E-state index < -0.39 is 0 Å². The largest absolute Gasteiger partial charge is 0.321 e. The van der Waals surface area contributed by atoms with Crippen molar-refractivity contribution >= 4 is 27.5 Å². The molecule has 0 bridgehead atoms. The van der Waals surface area contributed by atoms with Crippen molar-refractivity contribution in [2.45, 2.75) is 6.04 Å². The third-order valence-electron chi connectivity index (χ3n) is 1.45. The molecule has 0 aliphatic carbocycles. The first-order valence-electron chi connectivity index (χ1n) is 3.34. The first-order chi connectivity index (χ1) is 5.65. The first kappa shape index (κ1) is 9.71. The second-order valence-corrected chi connectivity index (χ2v) is 3.48. The minimum atomic E-state index is -0.231. The van der Waals surface area contributed by atoms with Gasteiger partial charge < -0.3 is 5.73 Å². The molecule has 0 fully saturated rings. The van der Waals surface area contributed by atoms with Gasteiger partial charge in [-0.3, -0.25) is 0 Å². The number of rotatable bonds is 2. The predicted molar refractivity (Wildman–Crippen MR) is 54.1 cm³/mol. The summed E-state index contributed by atoms with van der Waals surface area (Å²) < 4.78 is 0.708. The molecule has 0 spiro atoms. The minimum absolute atomic E-state index is 0.231. The van der Waals surface area contributed by atoms with Gasteiger partial charge in [0.15, 0.2) is 0 Å². The van der Waals surface area contributed by atoms with E-state index in [4.69, 9.17) is 17.3 Å². The molecular weight excluding hydrogens is 239 g/mol. The third-order valence-corrected chi connectivity index (χ3v) is 2.32. The second-order valence-electron chi connectivity index (χ2n) is 2.30. The highest BCUT2D eigenvalue weighted by Gasteiger charge is 2.07. The quantitative estimate of drug-likeness (QED) is 0.645. The van der Waals surface area contributed by atoms with E-state index in [-0.39, 0.29) is 6.04 Å². The van der Waals surface area contributed by atoms with Gasteiger partial charge in [0.05, 0.1) is 11.1 Å². The summed E-state index contributed by atoms with van der Waals surface area (Å²) in [7, 11) is 0. The maximum atomic E-state index is 5.74. The van der Waals surface area contributed by atoms with Crippen LogP contribution in [0.5, 0.6) is 0 Å². The van der Waals surface area contributed by atoms with E-state index >= 15 is 0 Å². The summed E-state index contributed by atoms with van der Waals surface area (Å²) >= 11 is 9.02. The van der Waals surface area contributed by atoms with E-state index in [0.29, 0.717) is 9.63 Å². The highest BCUT2D eigenvalue weighted by atomic mass is 79.9. The lowest BCUT2D eigenvalue weighted by Crippen LogP contribution is -2.07. The Morgan fingerprint density at radius 2 is 2.42 bits per heavy atom. The van der Waals surface area contributed by atoms with Crippen LogP contribution < -0.4 is 5.73 Å². The van der Waals surface area contributed by atoms with Crippen LogP contribution in [0.25, 0.3) is 0 Å². The summed E-state index contributed by atoms with van der Waals surface area (Å²) in [6.45, 7) is 3.59. The summed E-state index contributed by atoms with van der Waals surface area (Å²) in [5.41, 5.74) is 6.56. The van der Waals surface area contributed by atoms with Crippen molar-refractivity contribution in [2.75, 3.05) is 0 Å². The standard InChI is InChI=1S/C8H8BrClN2/c1-2-7(11)6-3-5(10)4-12-8(6)9/h2-4,7H,1,11H2/t7-/m1/s1. The molecule has 1 heterocycles. The molecule has 12 heavy (non-hydrogen) atoms. The normalized spacial score (nSPS) is 12.6. The zero-order chi connectivity index (χ0) is 9.14. The van der Waals surface area contributed by atoms with E-state index in [2.05, 4.69) is 27.5 Å². The average molecular weight is 248 g/mol. The lowest BCUT2D eigenvalue weighted by molar-refractivity contribution is 0.893. The number of nitrogens with zero attached hydrogens (tertiary/aromatic N) is 1. The van der Waals surface area contributed by atoms with E-state index in [1.165, 1.54) is 0 Å². The molecule has 0 amide bonds. The fourth-order valence-electron chi connectivity index (χ4n) is 0.799. The smallest absolute Gasteiger partial charge is 0.111 e. The third kappa shape index (κ3) is 2.06. The van der Waals surface area contributed by atoms with E-state index in [9.17, 15) is 0 Å². The number of aromatic nitrogens is 1. The summed E-state index contributed by atoms with van der Waals surface area (Å²) in [5, 5.41) is 0.575. The Morgan fingerprint density at radius 1 is 1.75 bits per heavy atom. The second kappa shape index (κ2) is 4.03. The van der Waals surface area contributed by atoms with Gasteiger partial charge in [-0.2, -0.15) is 0 Å². The number of halogens is 2. The SMILES string of the molecule is C=C[C@@H](N)c1cc(Cl)cnc1Br. The van der Waals surface area contributed by atoms with Crippen LogP contribution in [0, 0.1) is 0 Å². The molecule has 0 aromatic carbocycles. The maximum absolute atomic E-state index is 5.74. The van der Waals surface area contributed by atoms with Gasteiger partial charge in [-0.05, 0) is 22.0 Å². The molecule has 0 aliphatic rings.